The lowest BCUT2D eigenvalue weighted by atomic mass is 9.86. The molecule has 0 aromatic carbocycles. The van der Waals surface area contributed by atoms with Gasteiger partial charge in [0.25, 0.3) is 0 Å². The molecule has 9 heteroatoms. The van der Waals surface area contributed by atoms with Gasteiger partial charge >= 0.3 is 12.3 Å². The van der Waals surface area contributed by atoms with Crippen molar-refractivity contribution in [1.82, 2.24) is 9.80 Å². The van der Waals surface area contributed by atoms with Crippen molar-refractivity contribution >= 4 is 12.0 Å². The summed E-state index contributed by atoms with van der Waals surface area (Å²) >= 11 is 0. The summed E-state index contributed by atoms with van der Waals surface area (Å²) in [6.07, 6.45) is -5.80. The molecular weight excluding hydrogens is 353 g/mol. The number of halogens is 3. The number of methoxy groups -OCH3 is 1. The van der Waals surface area contributed by atoms with Crippen molar-refractivity contribution in [3.8, 4) is 0 Å². The lowest BCUT2D eigenvalue weighted by molar-refractivity contribution is -0.167. The van der Waals surface area contributed by atoms with Crippen LogP contribution in [-0.2, 0) is 14.3 Å². The van der Waals surface area contributed by atoms with E-state index in [1.54, 1.807) is 25.7 Å². The van der Waals surface area contributed by atoms with E-state index < -0.39 is 42.3 Å². The van der Waals surface area contributed by atoms with Crippen LogP contribution in [-0.4, -0.2) is 71.5 Å². The van der Waals surface area contributed by atoms with Gasteiger partial charge in [-0.05, 0) is 39.5 Å². The van der Waals surface area contributed by atoms with E-state index in [0.29, 0.717) is 12.8 Å². The van der Waals surface area contributed by atoms with Gasteiger partial charge in [-0.25, -0.2) is 4.79 Å². The lowest BCUT2D eigenvalue weighted by Gasteiger charge is -2.46. The number of carbonyl (C=O) groups is 2. The molecule has 2 unspecified atom stereocenters. The summed E-state index contributed by atoms with van der Waals surface area (Å²) in [6, 6.07) is -1.22. The maximum Gasteiger partial charge on any atom is 0.410 e. The quantitative estimate of drug-likeness (QED) is 0.741. The molecule has 3 rings (SSSR count). The third-order valence-corrected chi connectivity index (χ3v) is 5.34. The summed E-state index contributed by atoms with van der Waals surface area (Å²) in [7, 11) is 1.47. The first-order valence-corrected chi connectivity index (χ1v) is 8.81. The van der Waals surface area contributed by atoms with Gasteiger partial charge in [-0.1, -0.05) is 0 Å². The topological polar surface area (TPSA) is 59.1 Å². The van der Waals surface area contributed by atoms with Crippen LogP contribution in [0.1, 0.15) is 40.0 Å². The molecule has 26 heavy (non-hydrogen) atoms. The Bertz CT molecular complexity index is 590. The number of nitrogens with zero attached hydrogens (tertiary/aromatic N) is 2. The Kier molecular flexibility index (Phi) is 4.65. The normalized spacial score (nSPS) is 33.6. The molecule has 148 valence electrons. The largest absolute Gasteiger partial charge is 0.444 e. The molecule has 3 aliphatic heterocycles. The maximum absolute atomic E-state index is 12.7. The predicted molar refractivity (Wildman–Crippen MR) is 85.3 cm³/mol. The zero-order valence-electron chi connectivity index (χ0n) is 15.4. The predicted octanol–water partition coefficient (Wildman–Crippen LogP) is 2.56. The van der Waals surface area contributed by atoms with Gasteiger partial charge in [0.15, 0.2) is 0 Å². The molecule has 0 aliphatic carbocycles. The highest BCUT2D eigenvalue weighted by molar-refractivity contribution is 5.78. The fourth-order valence-electron chi connectivity index (χ4n) is 4.65. The van der Waals surface area contributed by atoms with Crippen molar-refractivity contribution in [3.05, 3.63) is 0 Å². The number of hydrogen-bond donors (Lipinski definition) is 0. The highest BCUT2D eigenvalue weighted by Crippen LogP contribution is 2.47. The van der Waals surface area contributed by atoms with Crippen LogP contribution in [0.4, 0.5) is 18.0 Å². The van der Waals surface area contributed by atoms with Gasteiger partial charge in [0.2, 0.25) is 5.91 Å². The van der Waals surface area contributed by atoms with E-state index in [1.807, 2.05) is 0 Å². The van der Waals surface area contributed by atoms with Gasteiger partial charge in [0.1, 0.15) is 18.1 Å². The Labute approximate surface area is 150 Å². The van der Waals surface area contributed by atoms with Gasteiger partial charge in [-0.3, -0.25) is 9.69 Å². The second-order valence-electron chi connectivity index (χ2n) is 8.39. The zero-order chi connectivity index (χ0) is 19.4. The standard InChI is InChI=1S/C17H25F3N2O4/c1-16(2,3)26-15(24)22-10-5-9-6-11(22)14(25-4)13(10)21(8-9)12(23)7-17(18,19)20/h9-11,13-14H,5-8H2,1-4H3/t9?,10-,11+,13?,14+/m1/s1. The molecule has 3 bridgehead atoms. The molecule has 0 aromatic rings. The smallest absolute Gasteiger partial charge is 0.410 e. The highest BCUT2D eigenvalue weighted by Gasteiger charge is 2.62. The van der Waals surface area contributed by atoms with Crippen LogP contribution < -0.4 is 0 Å². The SMILES string of the molecule is CO[C@@H]1C2[C@H]3CC(C[C@@H]1N3C(=O)OC(C)(C)C)CN2C(=O)CC(F)(F)F. The van der Waals surface area contributed by atoms with E-state index in [9.17, 15) is 22.8 Å². The number of carbonyl (C=O) groups excluding carboxylic acids is 2. The highest BCUT2D eigenvalue weighted by atomic mass is 19.4. The average molecular weight is 378 g/mol. The fraction of sp³-hybridized carbons (Fsp3) is 0.882. The molecule has 3 aliphatic rings. The number of rotatable bonds is 2. The van der Waals surface area contributed by atoms with Crippen LogP contribution in [0, 0.1) is 5.92 Å². The molecular formula is C17H25F3N2O4. The first-order chi connectivity index (χ1) is 11.9. The fourth-order valence-corrected chi connectivity index (χ4v) is 4.65. The monoisotopic (exact) mass is 378 g/mol. The molecule has 0 N–H and O–H groups in total. The molecule has 3 heterocycles. The molecule has 6 nitrogen and oxygen atoms in total. The Hall–Kier alpha value is -1.51. The van der Waals surface area contributed by atoms with Gasteiger partial charge in [-0.2, -0.15) is 13.2 Å². The van der Waals surface area contributed by atoms with Crippen LogP contribution >= 0.6 is 0 Å². The number of amides is 2. The number of ether oxygens (including phenoxy) is 2. The van der Waals surface area contributed by atoms with Gasteiger partial charge in [0, 0.05) is 13.7 Å². The lowest BCUT2D eigenvalue weighted by Crippen LogP contribution is -2.59. The van der Waals surface area contributed by atoms with Crippen molar-refractivity contribution < 1.29 is 32.2 Å². The Morgan fingerprint density at radius 2 is 1.73 bits per heavy atom. The van der Waals surface area contributed by atoms with Gasteiger partial charge in [-0.15, -0.1) is 0 Å². The van der Waals surface area contributed by atoms with Crippen molar-refractivity contribution in [3.63, 3.8) is 0 Å². The van der Waals surface area contributed by atoms with E-state index >= 15 is 0 Å². The van der Waals surface area contributed by atoms with E-state index in [0.717, 1.165) is 0 Å². The molecule has 3 saturated heterocycles. The van der Waals surface area contributed by atoms with Crippen LogP contribution in [0.3, 0.4) is 0 Å². The molecule has 0 saturated carbocycles. The van der Waals surface area contributed by atoms with Crippen LogP contribution in [0.15, 0.2) is 0 Å². The van der Waals surface area contributed by atoms with Gasteiger partial charge < -0.3 is 14.4 Å². The summed E-state index contributed by atoms with van der Waals surface area (Å²) in [4.78, 5) is 27.9. The summed E-state index contributed by atoms with van der Waals surface area (Å²) in [6.45, 7) is 5.57. The van der Waals surface area contributed by atoms with Gasteiger partial charge in [0.05, 0.1) is 18.1 Å². The first-order valence-electron chi connectivity index (χ1n) is 8.81. The van der Waals surface area contributed by atoms with Crippen molar-refractivity contribution in [1.29, 1.82) is 0 Å². The number of piperidine rings is 2. The number of likely N-dealkylation sites (tertiary alicyclic amines) is 1. The van der Waals surface area contributed by atoms with E-state index in [1.165, 1.54) is 12.0 Å². The molecule has 5 atom stereocenters. The minimum absolute atomic E-state index is 0.0669. The second kappa shape index (κ2) is 6.28. The van der Waals surface area contributed by atoms with Crippen LogP contribution in [0.5, 0.6) is 0 Å². The number of fused-ring (bicyclic) bond motifs is 2. The van der Waals surface area contributed by atoms with Crippen molar-refractivity contribution in [2.45, 2.75) is 76.0 Å². The van der Waals surface area contributed by atoms with E-state index in [2.05, 4.69) is 0 Å². The maximum atomic E-state index is 12.7. The Balaban J connectivity index is 1.87. The number of alkyl halides is 3. The molecule has 0 radical (unpaired) electrons. The Morgan fingerprint density at radius 3 is 2.27 bits per heavy atom. The molecule has 3 fully saturated rings. The molecule has 2 amide bonds. The summed E-state index contributed by atoms with van der Waals surface area (Å²) in [5, 5.41) is 0. The second-order valence-corrected chi connectivity index (χ2v) is 8.39. The summed E-state index contributed by atoms with van der Waals surface area (Å²) < 4.78 is 49.2. The van der Waals surface area contributed by atoms with Crippen LogP contribution in [0.2, 0.25) is 0 Å². The minimum atomic E-state index is -4.56. The zero-order valence-corrected chi connectivity index (χ0v) is 15.4. The third kappa shape index (κ3) is 3.50. The van der Waals surface area contributed by atoms with Crippen molar-refractivity contribution in [2.75, 3.05) is 13.7 Å². The number of hydrogen-bond acceptors (Lipinski definition) is 4. The van der Waals surface area contributed by atoms with E-state index in [4.69, 9.17) is 9.47 Å². The summed E-state index contributed by atoms with van der Waals surface area (Å²) in [5.41, 5.74) is -0.679. The summed E-state index contributed by atoms with van der Waals surface area (Å²) in [5.74, 6) is -0.886. The average Bonchev–Trinajstić information content (AvgIpc) is 2.57. The minimum Gasteiger partial charge on any atom is -0.444 e. The van der Waals surface area contributed by atoms with Crippen LogP contribution in [0.25, 0.3) is 0 Å². The molecule has 0 spiro atoms. The first kappa shape index (κ1) is 19.3. The third-order valence-electron chi connectivity index (χ3n) is 5.34. The molecule has 0 aromatic heterocycles. The Morgan fingerprint density at radius 1 is 1.12 bits per heavy atom. The van der Waals surface area contributed by atoms with Crippen molar-refractivity contribution in [2.24, 2.45) is 5.92 Å². The van der Waals surface area contributed by atoms with E-state index in [-0.39, 0.29) is 24.5 Å².